The number of nitrogens with one attached hydrogen (secondary N) is 1. The molecule has 6 nitrogen and oxygen atoms in total. The molecule has 2 amide bonds. The molecule has 1 aromatic carbocycles. The van der Waals surface area contributed by atoms with Gasteiger partial charge in [0.15, 0.2) is 0 Å². The molecule has 1 saturated heterocycles. The summed E-state index contributed by atoms with van der Waals surface area (Å²) in [6.45, 7) is 1.57. The van der Waals surface area contributed by atoms with Gasteiger partial charge in [0.1, 0.15) is 17.7 Å². The van der Waals surface area contributed by atoms with Gasteiger partial charge in [-0.25, -0.2) is 13.6 Å². The van der Waals surface area contributed by atoms with Crippen molar-refractivity contribution in [2.45, 2.75) is 19.4 Å². The molecule has 1 aromatic rings. The van der Waals surface area contributed by atoms with Crippen LogP contribution in [0.5, 0.6) is 0 Å². The fraction of sp³-hybridized carbons (Fsp3) is 0.421. The molecule has 1 aliphatic heterocycles. The van der Waals surface area contributed by atoms with Crippen LogP contribution in [-0.4, -0.2) is 31.2 Å². The predicted octanol–water partition coefficient (Wildman–Crippen LogP) is 2.60. The highest BCUT2D eigenvalue weighted by atomic mass is 19.1. The monoisotopic (exact) mass is 373 g/mol. The number of rotatable bonds is 4. The lowest BCUT2D eigenvalue weighted by Gasteiger charge is -2.16. The summed E-state index contributed by atoms with van der Waals surface area (Å²) in [6.07, 6.45) is 0.975. The number of carbonyl (C=O) groups excluding carboxylic acids is 2. The van der Waals surface area contributed by atoms with E-state index in [1.807, 2.05) is 0 Å². The van der Waals surface area contributed by atoms with Gasteiger partial charge in [0.2, 0.25) is 5.91 Å². The van der Waals surface area contributed by atoms with Crippen LogP contribution in [0.3, 0.4) is 0 Å². The first-order chi connectivity index (χ1) is 12.9. The Kier molecular flexibility index (Phi) is 4.10. The number of nitrogens with zero attached hydrogens (tertiary/aromatic N) is 2. The summed E-state index contributed by atoms with van der Waals surface area (Å²) in [7, 11) is 0. The van der Waals surface area contributed by atoms with Crippen molar-refractivity contribution >= 4 is 23.3 Å². The van der Waals surface area contributed by atoms with E-state index in [2.05, 4.69) is 11.4 Å². The minimum Gasteiger partial charge on any atom is -0.442 e. The van der Waals surface area contributed by atoms with Crippen LogP contribution in [0.1, 0.15) is 18.9 Å². The molecule has 140 valence electrons. The third kappa shape index (κ3) is 3.03. The van der Waals surface area contributed by atoms with Gasteiger partial charge in [-0.15, -0.1) is 0 Å². The van der Waals surface area contributed by atoms with Crippen molar-refractivity contribution < 1.29 is 23.1 Å². The number of halogens is 2. The molecule has 2 fully saturated rings. The van der Waals surface area contributed by atoms with Crippen molar-refractivity contribution in [3.05, 3.63) is 35.4 Å². The lowest BCUT2D eigenvalue weighted by atomic mass is 9.99. The van der Waals surface area contributed by atoms with E-state index in [1.165, 1.54) is 6.92 Å². The molecule has 4 rings (SSSR count). The minimum absolute atomic E-state index is 0.0425. The Morgan fingerprint density at radius 3 is 2.67 bits per heavy atom. The maximum Gasteiger partial charge on any atom is 0.414 e. The first-order valence-corrected chi connectivity index (χ1v) is 8.71. The fourth-order valence-corrected chi connectivity index (χ4v) is 3.93. The number of fused-ring (bicyclic) bond motifs is 1. The van der Waals surface area contributed by atoms with Crippen LogP contribution in [0, 0.1) is 40.7 Å². The van der Waals surface area contributed by atoms with Gasteiger partial charge in [-0.3, -0.25) is 9.69 Å². The smallest absolute Gasteiger partial charge is 0.414 e. The van der Waals surface area contributed by atoms with Gasteiger partial charge in [0.05, 0.1) is 30.8 Å². The molecule has 27 heavy (non-hydrogen) atoms. The molecule has 2 aliphatic carbocycles. The largest absolute Gasteiger partial charge is 0.442 e. The summed E-state index contributed by atoms with van der Waals surface area (Å²) in [5.41, 5.74) is 0.554. The van der Waals surface area contributed by atoms with Gasteiger partial charge < -0.3 is 10.1 Å². The van der Waals surface area contributed by atoms with Crippen LogP contribution in [-0.2, 0) is 9.53 Å². The molecule has 0 radical (unpaired) electrons. The second kappa shape index (κ2) is 6.34. The molecule has 0 aromatic heterocycles. The Hall–Kier alpha value is -2.95. The summed E-state index contributed by atoms with van der Waals surface area (Å²) in [5, 5.41) is 11.5. The lowest BCUT2D eigenvalue weighted by molar-refractivity contribution is -0.119. The van der Waals surface area contributed by atoms with Crippen molar-refractivity contribution in [3.63, 3.8) is 0 Å². The van der Waals surface area contributed by atoms with Gasteiger partial charge in [0, 0.05) is 12.5 Å². The zero-order chi connectivity index (χ0) is 19.3. The Balaban J connectivity index is 1.53. The van der Waals surface area contributed by atoms with E-state index in [0.717, 1.165) is 17.0 Å². The van der Waals surface area contributed by atoms with Crippen LogP contribution >= 0.6 is 0 Å². The third-order valence-corrected chi connectivity index (χ3v) is 5.34. The van der Waals surface area contributed by atoms with E-state index >= 15 is 0 Å². The van der Waals surface area contributed by atoms with Crippen molar-refractivity contribution in [2.75, 3.05) is 18.0 Å². The Morgan fingerprint density at radius 1 is 1.41 bits per heavy atom. The molecular formula is C19H17F2N3O3. The first-order valence-electron chi connectivity index (χ1n) is 8.71. The number of ether oxygens (including phenoxy) is 1. The molecule has 4 atom stereocenters. The van der Waals surface area contributed by atoms with E-state index < -0.39 is 23.8 Å². The number of nitriles is 1. The Morgan fingerprint density at radius 2 is 2.11 bits per heavy atom. The Bertz CT molecular complexity index is 885. The maximum absolute atomic E-state index is 14.6. The van der Waals surface area contributed by atoms with E-state index in [-0.39, 0.29) is 48.0 Å². The highest BCUT2D eigenvalue weighted by Crippen LogP contribution is 2.58. The highest BCUT2D eigenvalue weighted by Gasteiger charge is 2.53. The molecule has 3 aliphatic rings. The van der Waals surface area contributed by atoms with Crippen molar-refractivity contribution in [3.8, 4) is 6.07 Å². The van der Waals surface area contributed by atoms with Gasteiger partial charge in [0.25, 0.3) is 0 Å². The molecule has 0 unspecified atom stereocenters. The molecule has 1 heterocycles. The zero-order valence-electron chi connectivity index (χ0n) is 14.5. The number of anilines is 1. The average molecular weight is 373 g/mol. The van der Waals surface area contributed by atoms with Crippen molar-refractivity contribution in [1.29, 1.82) is 5.26 Å². The standard InChI is InChI=1S/C19H17F2N3O3/c1-9(25)23-7-12-8-24(19(26)27-12)11-4-16(20)18(17(21)5-11)10-2-13-14(3-10)15(13)6-22/h2,4-5,12-15H,3,7-8H2,1H3,(H,23,25)/t12-,13-,14-,15-/m0/s1. The zero-order valence-corrected chi connectivity index (χ0v) is 14.5. The van der Waals surface area contributed by atoms with E-state index in [9.17, 15) is 18.4 Å². The SMILES string of the molecule is CC(=O)NC[C@H]1CN(c2cc(F)c(C3=C[C@@H]4[C@H](C#N)[C@H]4C3)c(F)c2)C(=O)O1. The summed E-state index contributed by atoms with van der Waals surface area (Å²) < 4.78 is 34.4. The normalized spacial score (nSPS) is 28.3. The second-order valence-corrected chi connectivity index (χ2v) is 7.13. The number of amides is 2. The Labute approximate surface area is 154 Å². The van der Waals surface area contributed by atoms with Crippen LogP contribution in [0.25, 0.3) is 5.57 Å². The first kappa shape index (κ1) is 17.5. The van der Waals surface area contributed by atoms with Crippen LogP contribution in [0.4, 0.5) is 19.3 Å². The maximum atomic E-state index is 14.6. The third-order valence-electron chi connectivity index (χ3n) is 5.34. The second-order valence-electron chi connectivity index (χ2n) is 7.13. The van der Waals surface area contributed by atoms with Gasteiger partial charge in [-0.2, -0.15) is 5.26 Å². The number of carbonyl (C=O) groups is 2. The van der Waals surface area contributed by atoms with Gasteiger partial charge in [-0.1, -0.05) is 6.08 Å². The quantitative estimate of drug-likeness (QED) is 0.880. The number of benzene rings is 1. The van der Waals surface area contributed by atoms with Crippen LogP contribution in [0.15, 0.2) is 18.2 Å². The van der Waals surface area contributed by atoms with Crippen molar-refractivity contribution in [2.24, 2.45) is 17.8 Å². The summed E-state index contributed by atoms with van der Waals surface area (Å²) in [5.74, 6) is -1.54. The molecule has 1 N–H and O–H groups in total. The van der Waals surface area contributed by atoms with Crippen LogP contribution < -0.4 is 10.2 Å². The van der Waals surface area contributed by atoms with Gasteiger partial charge in [-0.05, 0) is 36.0 Å². The number of hydrogen-bond acceptors (Lipinski definition) is 4. The number of hydrogen-bond donors (Lipinski definition) is 1. The lowest BCUT2D eigenvalue weighted by Crippen LogP contribution is -2.33. The summed E-state index contributed by atoms with van der Waals surface area (Å²) >= 11 is 0. The molecule has 1 saturated carbocycles. The predicted molar refractivity (Wildman–Crippen MR) is 91.3 cm³/mol. The fourth-order valence-electron chi connectivity index (χ4n) is 3.93. The summed E-state index contributed by atoms with van der Waals surface area (Å²) in [6, 6.07) is 4.43. The minimum atomic E-state index is -0.746. The molecular weight excluding hydrogens is 356 g/mol. The van der Waals surface area contributed by atoms with Crippen molar-refractivity contribution in [1.82, 2.24) is 5.32 Å². The summed E-state index contributed by atoms with van der Waals surface area (Å²) in [4.78, 5) is 24.1. The van der Waals surface area contributed by atoms with E-state index in [4.69, 9.17) is 10.00 Å². The van der Waals surface area contributed by atoms with Gasteiger partial charge >= 0.3 is 6.09 Å². The molecule has 0 bridgehead atoms. The topological polar surface area (TPSA) is 82.4 Å². The average Bonchev–Trinajstić information content (AvgIpc) is 2.92. The molecule has 8 heteroatoms. The number of allylic oxidation sites excluding steroid dienone is 2. The van der Waals surface area contributed by atoms with Crippen LogP contribution in [0.2, 0.25) is 0 Å². The highest BCUT2D eigenvalue weighted by molar-refractivity contribution is 5.90. The molecule has 0 spiro atoms. The van der Waals surface area contributed by atoms with E-state index in [0.29, 0.717) is 12.0 Å². The van der Waals surface area contributed by atoms with E-state index in [1.54, 1.807) is 6.08 Å². The number of cyclic esters (lactones) is 1.